The van der Waals surface area contributed by atoms with Gasteiger partial charge in [-0.15, -0.1) is 0 Å². The molecule has 0 spiro atoms. The van der Waals surface area contributed by atoms with Crippen LogP contribution in [-0.4, -0.2) is 13.7 Å². The number of ether oxygens (including phenoxy) is 1. The van der Waals surface area contributed by atoms with Gasteiger partial charge in [0.15, 0.2) is 0 Å². The average molecular weight is 234 g/mol. The van der Waals surface area contributed by atoms with E-state index in [1.54, 1.807) is 6.92 Å². The molecule has 3 nitrogen and oxygen atoms in total. The van der Waals surface area contributed by atoms with Crippen LogP contribution in [0.2, 0.25) is 5.02 Å². The smallest absolute Gasteiger partial charge is 0.148 e. The van der Waals surface area contributed by atoms with Crippen LogP contribution in [-0.2, 0) is 11.3 Å². The van der Waals surface area contributed by atoms with Crippen molar-refractivity contribution in [2.45, 2.75) is 13.3 Å². The summed E-state index contributed by atoms with van der Waals surface area (Å²) in [7, 11) is 1.49. The zero-order valence-corrected chi connectivity index (χ0v) is 9.40. The molecule has 0 atom stereocenters. The Morgan fingerprint density at radius 1 is 1.53 bits per heavy atom. The van der Waals surface area contributed by atoms with Gasteiger partial charge in [-0.1, -0.05) is 11.6 Å². The molecule has 0 saturated heterocycles. The Morgan fingerprint density at radius 3 is 2.73 bits per heavy atom. The highest BCUT2D eigenvalue weighted by Crippen LogP contribution is 2.31. The van der Waals surface area contributed by atoms with Crippen molar-refractivity contribution in [3.63, 3.8) is 0 Å². The fourth-order valence-electron chi connectivity index (χ4n) is 1.47. The molecule has 2 N–H and O–H groups in total. The number of nitrogens with two attached hydrogens (primary N) is 1. The van der Waals surface area contributed by atoms with Crippen LogP contribution in [0.1, 0.15) is 11.1 Å². The molecule has 1 aromatic carbocycles. The maximum absolute atomic E-state index is 13.6. The van der Waals surface area contributed by atoms with Gasteiger partial charge in [0.2, 0.25) is 0 Å². The fourth-order valence-corrected chi connectivity index (χ4v) is 1.75. The highest BCUT2D eigenvalue weighted by Gasteiger charge is 2.15. The van der Waals surface area contributed by atoms with Crippen molar-refractivity contribution < 1.29 is 14.0 Å². The van der Waals surface area contributed by atoms with Crippen molar-refractivity contribution in [3.05, 3.63) is 28.0 Å². The van der Waals surface area contributed by atoms with Crippen molar-refractivity contribution in [2.75, 3.05) is 13.7 Å². The van der Waals surface area contributed by atoms with Crippen LogP contribution >= 0.6 is 11.6 Å². The van der Waals surface area contributed by atoms with E-state index in [-0.39, 0.29) is 11.6 Å². The fraction of sp³-hybridized carbons (Fsp3) is 0.400. The standard InChI is InChI=1S/C10H13ClFNO2/c1-6-5-8(11)9(12)7(3-4-15-13)10(6)14-2/h5H,3-4,13H2,1-2H3. The molecule has 0 radical (unpaired) electrons. The van der Waals surface area contributed by atoms with E-state index in [0.29, 0.717) is 17.7 Å². The summed E-state index contributed by atoms with van der Waals surface area (Å²) in [5.74, 6) is 4.92. The molecule has 0 unspecified atom stereocenters. The molecule has 1 aromatic rings. The number of aryl methyl sites for hydroxylation is 1. The number of hydrogen-bond donors (Lipinski definition) is 1. The van der Waals surface area contributed by atoms with E-state index in [1.807, 2.05) is 0 Å². The van der Waals surface area contributed by atoms with Crippen molar-refractivity contribution in [2.24, 2.45) is 5.90 Å². The largest absolute Gasteiger partial charge is 0.496 e. The number of methoxy groups -OCH3 is 1. The zero-order chi connectivity index (χ0) is 11.4. The Balaban J connectivity index is 3.18. The van der Waals surface area contributed by atoms with Gasteiger partial charge in [0.1, 0.15) is 11.6 Å². The maximum atomic E-state index is 13.6. The average Bonchev–Trinajstić information content (AvgIpc) is 2.21. The summed E-state index contributed by atoms with van der Waals surface area (Å²) in [6, 6.07) is 1.53. The molecule has 0 fully saturated rings. The quantitative estimate of drug-likeness (QED) is 0.812. The minimum atomic E-state index is -0.476. The summed E-state index contributed by atoms with van der Waals surface area (Å²) in [5.41, 5.74) is 1.18. The Labute approximate surface area is 92.9 Å². The SMILES string of the molecule is COc1c(C)cc(Cl)c(F)c1CCON. The molecule has 0 aromatic heterocycles. The predicted octanol–water partition coefficient (Wildman–Crippen LogP) is 2.23. The summed E-state index contributed by atoms with van der Waals surface area (Å²) in [5, 5.41) is 0.0836. The first-order valence-corrected chi connectivity index (χ1v) is 4.82. The summed E-state index contributed by atoms with van der Waals surface area (Å²) < 4.78 is 18.8. The van der Waals surface area contributed by atoms with Crippen LogP contribution in [0.3, 0.4) is 0 Å². The lowest BCUT2D eigenvalue weighted by atomic mass is 10.1. The van der Waals surface area contributed by atoms with Gasteiger partial charge in [0.05, 0.1) is 18.7 Å². The van der Waals surface area contributed by atoms with E-state index in [2.05, 4.69) is 4.84 Å². The molecule has 0 amide bonds. The van der Waals surface area contributed by atoms with Crippen LogP contribution in [0.15, 0.2) is 6.07 Å². The van der Waals surface area contributed by atoms with Crippen LogP contribution in [0.5, 0.6) is 5.75 Å². The van der Waals surface area contributed by atoms with E-state index in [0.717, 1.165) is 5.56 Å². The zero-order valence-electron chi connectivity index (χ0n) is 8.64. The van der Waals surface area contributed by atoms with Crippen molar-refractivity contribution in [1.29, 1.82) is 0 Å². The molecule has 84 valence electrons. The van der Waals surface area contributed by atoms with Gasteiger partial charge >= 0.3 is 0 Å². The normalized spacial score (nSPS) is 10.5. The second-order valence-electron chi connectivity index (χ2n) is 3.12. The predicted molar refractivity (Wildman–Crippen MR) is 56.5 cm³/mol. The Kier molecular flexibility index (Phi) is 4.32. The van der Waals surface area contributed by atoms with Gasteiger partial charge in [0, 0.05) is 12.0 Å². The molecule has 0 heterocycles. The molecule has 1 rings (SSSR count). The van der Waals surface area contributed by atoms with Gasteiger partial charge < -0.3 is 9.57 Å². The lowest BCUT2D eigenvalue weighted by molar-refractivity contribution is 0.140. The summed E-state index contributed by atoms with van der Waals surface area (Å²) in [6.07, 6.45) is 0.326. The molecule has 15 heavy (non-hydrogen) atoms. The molecule has 0 bridgehead atoms. The van der Waals surface area contributed by atoms with Gasteiger partial charge in [-0.05, 0) is 18.6 Å². The molecular weight excluding hydrogens is 221 g/mol. The van der Waals surface area contributed by atoms with Gasteiger partial charge in [-0.3, -0.25) is 0 Å². The first-order chi connectivity index (χ1) is 7.11. The van der Waals surface area contributed by atoms with Gasteiger partial charge in [-0.2, -0.15) is 0 Å². The highest BCUT2D eigenvalue weighted by molar-refractivity contribution is 6.30. The van der Waals surface area contributed by atoms with E-state index >= 15 is 0 Å². The second-order valence-corrected chi connectivity index (χ2v) is 3.53. The summed E-state index contributed by atoms with van der Waals surface area (Å²) in [6.45, 7) is 2.02. The molecule has 0 aliphatic carbocycles. The lowest BCUT2D eigenvalue weighted by Crippen LogP contribution is -2.07. The first kappa shape index (κ1) is 12.2. The Hall–Kier alpha value is -0.840. The number of halogens is 2. The summed E-state index contributed by atoms with van der Waals surface area (Å²) in [4.78, 5) is 4.41. The van der Waals surface area contributed by atoms with Gasteiger partial charge in [-0.25, -0.2) is 10.3 Å². The molecule has 0 saturated carbocycles. The third kappa shape index (κ3) is 2.59. The number of benzene rings is 1. The third-order valence-corrected chi connectivity index (χ3v) is 2.40. The molecule has 0 aliphatic heterocycles. The van der Waals surface area contributed by atoms with Crippen molar-refractivity contribution in [1.82, 2.24) is 0 Å². The van der Waals surface area contributed by atoms with E-state index in [4.69, 9.17) is 22.2 Å². The monoisotopic (exact) mass is 233 g/mol. The summed E-state index contributed by atoms with van der Waals surface area (Å²) >= 11 is 5.72. The number of hydrogen-bond acceptors (Lipinski definition) is 3. The minimum Gasteiger partial charge on any atom is -0.496 e. The third-order valence-electron chi connectivity index (χ3n) is 2.12. The Bertz CT molecular complexity index is 358. The topological polar surface area (TPSA) is 44.5 Å². The molecule has 0 aliphatic rings. The number of rotatable bonds is 4. The van der Waals surface area contributed by atoms with Crippen LogP contribution in [0.25, 0.3) is 0 Å². The van der Waals surface area contributed by atoms with E-state index < -0.39 is 5.82 Å². The Morgan fingerprint density at radius 2 is 2.20 bits per heavy atom. The van der Waals surface area contributed by atoms with Crippen LogP contribution in [0.4, 0.5) is 4.39 Å². The minimum absolute atomic E-state index is 0.0836. The van der Waals surface area contributed by atoms with E-state index in [1.165, 1.54) is 13.2 Å². The van der Waals surface area contributed by atoms with Crippen molar-refractivity contribution in [3.8, 4) is 5.75 Å². The van der Waals surface area contributed by atoms with E-state index in [9.17, 15) is 4.39 Å². The lowest BCUT2D eigenvalue weighted by Gasteiger charge is -2.13. The molecular formula is C10H13ClFNO2. The van der Waals surface area contributed by atoms with Crippen LogP contribution in [0, 0.1) is 12.7 Å². The van der Waals surface area contributed by atoms with Gasteiger partial charge in [0.25, 0.3) is 0 Å². The van der Waals surface area contributed by atoms with Crippen molar-refractivity contribution >= 4 is 11.6 Å². The van der Waals surface area contributed by atoms with Crippen LogP contribution < -0.4 is 10.6 Å². The first-order valence-electron chi connectivity index (χ1n) is 4.45. The molecule has 5 heteroatoms. The second kappa shape index (κ2) is 5.30. The highest BCUT2D eigenvalue weighted by atomic mass is 35.5. The maximum Gasteiger partial charge on any atom is 0.148 e.